The molecule has 1 heterocycles. The van der Waals surface area contributed by atoms with Gasteiger partial charge in [-0.15, -0.1) is 11.3 Å². The Morgan fingerprint density at radius 2 is 1.79 bits per heavy atom. The lowest BCUT2D eigenvalue weighted by Crippen LogP contribution is -2.21. The molecule has 1 N–H and O–H groups in total. The van der Waals surface area contributed by atoms with E-state index in [2.05, 4.69) is 5.32 Å². The molecule has 3 rings (SSSR count). The number of carbonyl (C=O) groups is 2. The third-order valence-corrected chi connectivity index (χ3v) is 4.87. The van der Waals surface area contributed by atoms with Crippen LogP contribution in [0.25, 0.3) is 10.4 Å². The van der Waals surface area contributed by atoms with E-state index in [1.807, 2.05) is 30.3 Å². The molecule has 28 heavy (non-hydrogen) atoms. The van der Waals surface area contributed by atoms with E-state index in [1.54, 1.807) is 13.0 Å². The Morgan fingerprint density at radius 1 is 1.07 bits per heavy atom. The second kappa shape index (κ2) is 9.14. The lowest BCUT2D eigenvalue weighted by Gasteiger charge is -2.08. The molecule has 0 spiro atoms. The van der Waals surface area contributed by atoms with Crippen LogP contribution in [0, 0.1) is 5.82 Å². The summed E-state index contributed by atoms with van der Waals surface area (Å²) in [6.45, 7) is 1.68. The number of hydrogen-bond acceptors (Lipinski definition) is 5. The summed E-state index contributed by atoms with van der Waals surface area (Å²) in [6.07, 6.45) is 0. The van der Waals surface area contributed by atoms with Gasteiger partial charge in [-0.3, -0.25) is 4.79 Å². The minimum atomic E-state index is -0.496. The Hall–Kier alpha value is -3.19. The van der Waals surface area contributed by atoms with Gasteiger partial charge in [-0.05, 0) is 42.8 Å². The number of hydrogen-bond donors (Lipinski definition) is 1. The van der Waals surface area contributed by atoms with E-state index >= 15 is 0 Å². The van der Waals surface area contributed by atoms with Crippen LogP contribution in [0.2, 0.25) is 0 Å². The van der Waals surface area contributed by atoms with E-state index in [4.69, 9.17) is 9.47 Å². The van der Waals surface area contributed by atoms with E-state index in [-0.39, 0.29) is 19.0 Å². The zero-order valence-electron chi connectivity index (χ0n) is 15.1. The predicted molar refractivity (Wildman–Crippen MR) is 106 cm³/mol. The fraction of sp³-hybridized carbons (Fsp3) is 0.143. The van der Waals surface area contributed by atoms with Crippen LogP contribution >= 0.6 is 11.3 Å². The normalized spacial score (nSPS) is 10.4. The van der Waals surface area contributed by atoms with E-state index in [0.29, 0.717) is 16.3 Å². The van der Waals surface area contributed by atoms with Crippen LogP contribution < -0.4 is 10.1 Å². The van der Waals surface area contributed by atoms with Crippen LogP contribution in [-0.4, -0.2) is 25.1 Å². The monoisotopic (exact) mass is 399 g/mol. The van der Waals surface area contributed by atoms with Crippen LogP contribution in [0.5, 0.6) is 5.75 Å². The van der Waals surface area contributed by atoms with Crippen molar-refractivity contribution in [1.29, 1.82) is 0 Å². The SMILES string of the molecule is CCOC(=O)c1sc(-c2ccccc2)cc1NC(=O)COc1ccc(F)cc1. The summed E-state index contributed by atoms with van der Waals surface area (Å²) >= 11 is 1.25. The Bertz CT molecular complexity index is 954. The highest BCUT2D eigenvalue weighted by molar-refractivity contribution is 7.18. The molecule has 0 fully saturated rings. The van der Waals surface area contributed by atoms with Gasteiger partial charge in [0.1, 0.15) is 16.4 Å². The summed E-state index contributed by atoms with van der Waals surface area (Å²) in [5.41, 5.74) is 1.30. The first-order valence-corrected chi connectivity index (χ1v) is 9.43. The van der Waals surface area contributed by atoms with E-state index in [9.17, 15) is 14.0 Å². The number of ether oxygens (including phenoxy) is 2. The maximum Gasteiger partial charge on any atom is 0.350 e. The minimum Gasteiger partial charge on any atom is -0.484 e. The quantitative estimate of drug-likeness (QED) is 0.583. The molecule has 1 aromatic heterocycles. The van der Waals surface area contributed by atoms with Gasteiger partial charge in [0.05, 0.1) is 12.3 Å². The molecular formula is C21H18FNO4S. The van der Waals surface area contributed by atoms with Crippen molar-refractivity contribution in [3.63, 3.8) is 0 Å². The van der Waals surface area contributed by atoms with E-state index in [1.165, 1.54) is 35.6 Å². The molecule has 7 heteroatoms. The van der Waals surface area contributed by atoms with E-state index in [0.717, 1.165) is 10.4 Å². The first kappa shape index (κ1) is 19.6. The molecule has 3 aromatic rings. The highest BCUT2D eigenvalue weighted by Crippen LogP contribution is 2.35. The summed E-state index contributed by atoms with van der Waals surface area (Å²) in [6, 6.07) is 16.6. The van der Waals surface area contributed by atoms with Gasteiger partial charge >= 0.3 is 5.97 Å². The second-order valence-corrected chi connectivity index (χ2v) is 6.78. The first-order valence-electron chi connectivity index (χ1n) is 8.61. The smallest absolute Gasteiger partial charge is 0.350 e. The van der Waals surface area contributed by atoms with Crippen LogP contribution in [0.15, 0.2) is 60.7 Å². The largest absolute Gasteiger partial charge is 0.484 e. The molecule has 0 unspecified atom stereocenters. The molecule has 0 aliphatic rings. The zero-order chi connectivity index (χ0) is 19.9. The fourth-order valence-corrected chi connectivity index (χ4v) is 3.46. The van der Waals surface area contributed by atoms with Crippen molar-refractivity contribution < 1.29 is 23.5 Å². The molecule has 2 aromatic carbocycles. The molecule has 0 saturated heterocycles. The molecule has 0 atom stereocenters. The van der Waals surface area contributed by atoms with Gasteiger partial charge in [0.25, 0.3) is 5.91 Å². The standard InChI is InChI=1S/C21H18FNO4S/c1-2-26-21(25)20-17(12-18(28-20)14-6-4-3-5-7-14)23-19(24)13-27-16-10-8-15(22)9-11-16/h3-12H,2,13H2,1H3,(H,23,24). The topological polar surface area (TPSA) is 64.6 Å². The maximum absolute atomic E-state index is 12.9. The zero-order valence-corrected chi connectivity index (χ0v) is 15.9. The van der Waals surface area contributed by atoms with Gasteiger partial charge in [-0.1, -0.05) is 30.3 Å². The predicted octanol–water partition coefficient (Wildman–Crippen LogP) is 4.75. The van der Waals surface area contributed by atoms with Crippen molar-refractivity contribution in [3.8, 4) is 16.2 Å². The Balaban J connectivity index is 1.75. The number of amides is 1. The molecule has 0 aliphatic carbocycles. The third kappa shape index (κ3) is 4.95. The van der Waals surface area contributed by atoms with Gasteiger partial charge in [0, 0.05) is 4.88 Å². The number of benzene rings is 2. The first-order chi connectivity index (χ1) is 13.6. The maximum atomic E-state index is 12.9. The lowest BCUT2D eigenvalue weighted by atomic mass is 10.2. The summed E-state index contributed by atoms with van der Waals surface area (Å²) < 4.78 is 23.4. The molecule has 0 bridgehead atoms. The van der Waals surface area contributed by atoms with Gasteiger partial charge in [-0.25, -0.2) is 9.18 Å². The minimum absolute atomic E-state index is 0.235. The molecule has 1 amide bonds. The number of carbonyl (C=O) groups excluding carboxylic acids is 2. The molecule has 0 aliphatic heterocycles. The van der Waals surface area contributed by atoms with Crippen molar-refractivity contribution in [2.75, 3.05) is 18.5 Å². The summed E-state index contributed by atoms with van der Waals surface area (Å²) in [5.74, 6) is -0.947. The third-order valence-electron chi connectivity index (χ3n) is 3.71. The van der Waals surface area contributed by atoms with Crippen molar-refractivity contribution in [1.82, 2.24) is 0 Å². The van der Waals surface area contributed by atoms with Gasteiger partial charge < -0.3 is 14.8 Å². The Labute approximate surface area is 165 Å². The summed E-state index contributed by atoms with van der Waals surface area (Å²) in [5, 5.41) is 2.69. The van der Waals surface area contributed by atoms with Crippen molar-refractivity contribution in [3.05, 3.63) is 71.4 Å². The van der Waals surface area contributed by atoms with Gasteiger partial charge in [0.15, 0.2) is 6.61 Å². The average Bonchev–Trinajstić information content (AvgIpc) is 3.12. The molecule has 0 radical (unpaired) electrons. The highest BCUT2D eigenvalue weighted by Gasteiger charge is 2.20. The van der Waals surface area contributed by atoms with E-state index < -0.39 is 11.9 Å². The number of halogens is 1. The molecule has 0 saturated carbocycles. The van der Waals surface area contributed by atoms with Gasteiger partial charge in [-0.2, -0.15) is 0 Å². The summed E-state index contributed by atoms with van der Waals surface area (Å²) in [4.78, 5) is 25.7. The molecular weight excluding hydrogens is 381 g/mol. The molecule has 5 nitrogen and oxygen atoms in total. The lowest BCUT2D eigenvalue weighted by molar-refractivity contribution is -0.118. The average molecular weight is 399 g/mol. The van der Waals surface area contributed by atoms with Crippen LogP contribution in [0.3, 0.4) is 0 Å². The number of esters is 1. The Morgan fingerprint density at radius 3 is 2.46 bits per heavy atom. The number of thiophene rings is 1. The van der Waals surface area contributed by atoms with Crippen molar-refractivity contribution in [2.24, 2.45) is 0 Å². The molecule has 144 valence electrons. The van der Waals surface area contributed by atoms with Crippen LogP contribution in [0.4, 0.5) is 10.1 Å². The summed E-state index contributed by atoms with van der Waals surface area (Å²) in [7, 11) is 0. The van der Waals surface area contributed by atoms with Crippen molar-refractivity contribution >= 4 is 28.9 Å². The fourth-order valence-electron chi connectivity index (χ4n) is 2.44. The van der Waals surface area contributed by atoms with Crippen LogP contribution in [0.1, 0.15) is 16.6 Å². The highest BCUT2D eigenvalue weighted by atomic mass is 32.1. The Kier molecular flexibility index (Phi) is 6.39. The second-order valence-electron chi connectivity index (χ2n) is 5.73. The van der Waals surface area contributed by atoms with Crippen molar-refractivity contribution in [2.45, 2.75) is 6.92 Å². The van der Waals surface area contributed by atoms with Crippen LogP contribution in [-0.2, 0) is 9.53 Å². The number of anilines is 1. The number of rotatable bonds is 7. The van der Waals surface area contributed by atoms with Gasteiger partial charge in [0.2, 0.25) is 0 Å². The number of nitrogens with one attached hydrogen (secondary N) is 1.